The topological polar surface area (TPSA) is 332 Å². The first-order chi connectivity index (χ1) is 40.8. The Labute approximate surface area is 495 Å². The molecule has 0 unspecified atom stereocenters. The van der Waals surface area contributed by atoms with Gasteiger partial charge in [0.2, 0.25) is 17.4 Å². The number of hydrogen-bond acceptors (Lipinski definition) is 23. The Kier molecular flexibility index (Phi) is 13.9. The average Bonchev–Trinajstić information content (AvgIpc) is 1.66. The second-order valence-corrected chi connectivity index (χ2v) is 23.5. The summed E-state index contributed by atoms with van der Waals surface area (Å²) in [5.74, 6) is -13.3. The molecule has 23 heteroatoms. The molecule has 0 aromatic heterocycles. The van der Waals surface area contributed by atoms with E-state index in [0.29, 0.717) is 6.42 Å². The largest absolute Gasteiger partial charge is 0.507 e. The number of benzene rings is 3. The van der Waals surface area contributed by atoms with E-state index in [1.54, 1.807) is 27.7 Å². The fourth-order valence-electron chi connectivity index (χ4n) is 14.3. The molecule has 3 aliphatic carbocycles. The predicted molar refractivity (Wildman–Crippen MR) is 292 cm³/mol. The third-order valence-electron chi connectivity index (χ3n) is 17.9. The lowest BCUT2D eigenvalue weighted by Crippen LogP contribution is -2.61. The fourth-order valence-corrected chi connectivity index (χ4v) is 14.3. The quantitative estimate of drug-likeness (QED) is 0.135. The number of aromatic hydroxyl groups is 3. The summed E-state index contributed by atoms with van der Waals surface area (Å²) in [6.45, 7) is 12.4. The van der Waals surface area contributed by atoms with Gasteiger partial charge < -0.3 is 58.0 Å². The van der Waals surface area contributed by atoms with Crippen molar-refractivity contribution in [3.63, 3.8) is 0 Å². The van der Waals surface area contributed by atoms with Gasteiger partial charge in [0, 0.05) is 36.0 Å². The van der Waals surface area contributed by atoms with Gasteiger partial charge in [0.1, 0.15) is 47.1 Å². The van der Waals surface area contributed by atoms with Crippen LogP contribution >= 0.6 is 0 Å². The summed E-state index contributed by atoms with van der Waals surface area (Å²) in [5.41, 5.74) is 0.291. The van der Waals surface area contributed by atoms with E-state index in [2.05, 4.69) is 6.58 Å². The van der Waals surface area contributed by atoms with Gasteiger partial charge in [0.05, 0.1) is 99.5 Å². The maximum Gasteiger partial charge on any atom is 0.309 e. The molecule has 12 aliphatic rings. The highest BCUT2D eigenvalue weighted by atomic mass is 16.7. The van der Waals surface area contributed by atoms with Crippen LogP contribution < -0.4 is 0 Å². The molecular formula is C64H58O23. The standard InChI is InChI=1S/2C21H18O8.C21H18O7.CH4/c2*1-8-6-12(23)9(2)21(28-8)17-16(20-13(29-21)7-14(24)27-20)18(25)10-4-3-5-11(22)15(10)19(17)26;1-9-6-10(2)27-21(8-9)17-16(20-13(28-21)7-14(23)26-20)18(24)11-4-3-5-12(22)15(11)19(17)25;/h2*3-5,8-9,13,20,22H,6-7H2,1-2H3;3-5,10,13,20,22H,1,6-8H2,2H3;1H4/t8-,9+,13-,20+,21+;8-,9+,13-,20+,21-;10-,13-,20+,21+;/m111./s1. The molecule has 3 spiro atoms. The number of fused-ring (bicyclic) bond motifs is 12. The van der Waals surface area contributed by atoms with Crippen molar-refractivity contribution in [2.24, 2.45) is 11.8 Å². The van der Waals surface area contributed by atoms with Crippen molar-refractivity contribution >= 4 is 64.2 Å². The lowest BCUT2D eigenvalue weighted by atomic mass is 9.71. The normalized spacial score (nSPS) is 35.1. The molecule has 6 fully saturated rings. The maximum absolute atomic E-state index is 13.5. The fraction of sp³-hybridized carbons (Fsp3) is 0.422. The van der Waals surface area contributed by atoms with Crippen molar-refractivity contribution in [3.8, 4) is 17.2 Å². The number of hydrogen-bond donors (Lipinski definition) is 3. The highest BCUT2D eigenvalue weighted by Gasteiger charge is 2.66. The van der Waals surface area contributed by atoms with Crippen LogP contribution in [-0.2, 0) is 66.6 Å². The van der Waals surface area contributed by atoms with Crippen molar-refractivity contribution in [2.45, 2.75) is 159 Å². The molecule has 3 aromatic carbocycles. The van der Waals surface area contributed by atoms with Gasteiger partial charge in [-0.15, -0.1) is 0 Å². The Balaban J connectivity index is 0.000000127. The lowest BCUT2D eigenvalue weighted by molar-refractivity contribution is -0.291. The number of esters is 3. The second kappa shape index (κ2) is 20.6. The molecule has 0 bridgehead atoms. The van der Waals surface area contributed by atoms with E-state index in [4.69, 9.17) is 42.6 Å². The van der Waals surface area contributed by atoms with Crippen molar-refractivity contribution in [2.75, 3.05) is 0 Å². The predicted octanol–water partition coefficient (Wildman–Crippen LogP) is 5.85. The molecule has 3 N–H and O–H groups in total. The zero-order chi connectivity index (χ0) is 61.1. The summed E-state index contributed by atoms with van der Waals surface area (Å²) in [7, 11) is 0. The SMILES string of the molecule is C.C=C1C[C@@H](C)O[C@@]2(C1)O[C@@H]1CC(=O)O[C@@H]1C1=C2C(=O)c2c(O)cccc2C1=O.C[C@@H]1CC(=O)[C@H](C)[C@@]2(O1)O[C@@H]1CC(=O)O[C@@H]1C1=C2C(=O)c2c(O)cccc2C1=O.C[C@@H]1CC(=O)[C@H](C)[C@]2(O1)O[C@@H]1CC(=O)O[C@@H]1C1=C2C(=O)c2c(O)cccc2C1=O. The Bertz CT molecular complexity index is 3690. The molecule has 9 aliphatic heterocycles. The Morgan fingerprint density at radius 2 is 0.747 bits per heavy atom. The average molecular weight is 1200 g/mol. The minimum Gasteiger partial charge on any atom is -0.507 e. The number of carbonyl (C=O) groups excluding carboxylic acids is 11. The van der Waals surface area contributed by atoms with E-state index in [1.165, 1.54) is 54.6 Å². The van der Waals surface area contributed by atoms with Crippen molar-refractivity contribution in [1.29, 1.82) is 0 Å². The summed E-state index contributed by atoms with van der Waals surface area (Å²) in [6.07, 6.45) is -6.10. The lowest BCUT2D eigenvalue weighted by Gasteiger charge is -2.50. The van der Waals surface area contributed by atoms with Crippen LogP contribution in [0.4, 0.5) is 0 Å². The van der Waals surface area contributed by atoms with Gasteiger partial charge in [0.25, 0.3) is 0 Å². The smallest absolute Gasteiger partial charge is 0.309 e. The van der Waals surface area contributed by atoms with Crippen LogP contribution in [0.2, 0.25) is 0 Å². The van der Waals surface area contributed by atoms with E-state index in [-0.39, 0.29) is 148 Å². The van der Waals surface area contributed by atoms with Gasteiger partial charge >= 0.3 is 17.9 Å². The minimum atomic E-state index is -1.81. The van der Waals surface area contributed by atoms with Crippen LogP contribution in [0.25, 0.3) is 0 Å². The van der Waals surface area contributed by atoms with Crippen LogP contribution in [0, 0.1) is 11.8 Å². The molecule has 6 saturated heterocycles. The minimum absolute atomic E-state index is 0. The monoisotopic (exact) mass is 1190 g/mol. The number of phenols is 3. The van der Waals surface area contributed by atoms with Crippen molar-refractivity contribution < 1.29 is 111 Å². The van der Waals surface area contributed by atoms with Crippen LogP contribution in [0.3, 0.4) is 0 Å². The zero-order valence-electron chi connectivity index (χ0n) is 46.7. The molecule has 0 amide bonds. The van der Waals surface area contributed by atoms with Crippen molar-refractivity contribution in [3.05, 3.63) is 134 Å². The summed E-state index contributed by atoms with van der Waals surface area (Å²) in [5, 5.41) is 30.9. The van der Waals surface area contributed by atoms with Crippen LogP contribution in [0.5, 0.6) is 17.2 Å². The summed E-state index contributed by atoms with van der Waals surface area (Å²) in [6, 6.07) is 12.8. The highest BCUT2D eigenvalue weighted by Crippen LogP contribution is 2.55. The molecule has 452 valence electrons. The zero-order valence-corrected chi connectivity index (χ0v) is 46.7. The maximum atomic E-state index is 13.5. The molecule has 0 saturated carbocycles. The number of carbonyl (C=O) groups is 11. The van der Waals surface area contributed by atoms with Gasteiger partial charge in [-0.05, 0) is 59.2 Å². The molecule has 3 aromatic rings. The van der Waals surface area contributed by atoms with E-state index in [1.807, 2.05) is 6.92 Å². The van der Waals surface area contributed by atoms with E-state index in [0.717, 1.165) is 5.57 Å². The molecule has 87 heavy (non-hydrogen) atoms. The second-order valence-electron chi connectivity index (χ2n) is 23.5. The molecule has 14 atom stereocenters. The van der Waals surface area contributed by atoms with Crippen LogP contribution in [0.15, 0.2) is 100 Å². The third kappa shape index (κ3) is 8.62. The first kappa shape index (κ1) is 58.9. The van der Waals surface area contributed by atoms with Gasteiger partial charge in [-0.25, -0.2) is 0 Å². The number of ketones is 8. The van der Waals surface area contributed by atoms with E-state index in [9.17, 15) is 68.1 Å². The van der Waals surface area contributed by atoms with E-state index >= 15 is 0 Å². The Hall–Kier alpha value is -8.45. The third-order valence-corrected chi connectivity index (χ3v) is 17.9. The molecular weight excluding hydrogens is 1140 g/mol. The molecule has 15 rings (SSSR count). The summed E-state index contributed by atoms with van der Waals surface area (Å²) < 4.78 is 52.6. The Morgan fingerprint density at radius 1 is 0.414 bits per heavy atom. The number of rotatable bonds is 0. The van der Waals surface area contributed by atoms with Crippen LogP contribution in [0.1, 0.15) is 149 Å². The molecule has 23 nitrogen and oxygen atoms in total. The highest BCUT2D eigenvalue weighted by molar-refractivity contribution is 6.31. The summed E-state index contributed by atoms with van der Waals surface area (Å²) in [4.78, 5) is 142. The first-order valence-electron chi connectivity index (χ1n) is 28.1. The summed E-state index contributed by atoms with van der Waals surface area (Å²) >= 11 is 0. The molecule has 0 radical (unpaired) electrons. The van der Waals surface area contributed by atoms with Gasteiger partial charge in [-0.3, -0.25) is 52.7 Å². The first-order valence-corrected chi connectivity index (χ1v) is 28.1. The van der Waals surface area contributed by atoms with Crippen LogP contribution in [-0.4, -0.2) is 152 Å². The van der Waals surface area contributed by atoms with E-state index < -0.39 is 131 Å². The van der Waals surface area contributed by atoms with Crippen molar-refractivity contribution in [1.82, 2.24) is 0 Å². The van der Waals surface area contributed by atoms with Gasteiger partial charge in [0.15, 0.2) is 53.0 Å². The Morgan fingerprint density at radius 3 is 1.11 bits per heavy atom. The van der Waals surface area contributed by atoms with Gasteiger partial charge in [-0.2, -0.15) is 0 Å². The number of Topliss-reactive ketones (excluding diaryl/α,β-unsaturated/α-hetero) is 8. The molecule has 9 heterocycles. The van der Waals surface area contributed by atoms with Gasteiger partial charge in [-0.1, -0.05) is 56.0 Å². The number of ether oxygens (including phenoxy) is 9. The number of phenolic OH excluding ortho intramolecular Hbond substituents is 3.